The molecule has 0 fully saturated rings. The number of primary amides is 1. The minimum absolute atomic E-state index is 0.0415. The number of amides is 1. The number of furan rings is 1. The minimum Gasteiger partial charge on any atom is -0.459 e. The van der Waals surface area contributed by atoms with Gasteiger partial charge in [0.1, 0.15) is 11.3 Å². The molecule has 0 aliphatic heterocycles. The van der Waals surface area contributed by atoms with Crippen molar-refractivity contribution in [1.29, 1.82) is 0 Å². The van der Waals surface area contributed by atoms with E-state index in [0.717, 1.165) is 29.7 Å². The van der Waals surface area contributed by atoms with Gasteiger partial charge in [-0.05, 0) is 32.0 Å². The van der Waals surface area contributed by atoms with Crippen LogP contribution in [0.5, 0.6) is 0 Å². The summed E-state index contributed by atoms with van der Waals surface area (Å²) in [5.74, 6) is 0.562. The maximum Gasteiger partial charge on any atom is 0.231 e. The van der Waals surface area contributed by atoms with E-state index in [-0.39, 0.29) is 18.5 Å². The van der Waals surface area contributed by atoms with Gasteiger partial charge in [0.2, 0.25) is 5.91 Å². The minimum atomic E-state index is -0.309. The second-order valence-electron chi connectivity index (χ2n) is 4.80. The zero-order valence-corrected chi connectivity index (χ0v) is 11.4. The van der Waals surface area contributed by atoms with Crippen LogP contribution in [-0.2, 0) is 4.79 Å². The fourth-order valence-electron chi connectivity index (χ4n) is 2.29. The van der Waals surface area contributed by atoms with E-state index in [4.69, 9.17) is 10.2 Å². The first-order chi connectivity index (χ1) is 9.11. The molecule has 1 heterocycles. The molecular formula is C15H20N2O2. The van der Waals surface area contributed by atoms with E-state index < -0.39 is 0 Å². The molecule has 1 atom stereocenters. The molecule has 0 radical (unpaired) electrons. The van der Waals surface area contributed by atoms with Crippen molar-refractivity contribution in [3.05, 3.63) is 36.1 Å². The van der Waals surface area contributed by atoms with Crippen LogP contribution in [0.25, 0.3) is 11.0 Å². The van der Waals surface area contributed by atoms with Crippen LogP contribution in [0.2, 0.25) is 0 Å². The Morgan fingerprint density at radius 1 is 1.42 bits per heavy atom. The molecule has 19 heavy (non-hydrogen) atoms. The second kappa shape index (κ2) is 5.89. The van der Waals surface area contributed by atoms with Crippen molar-refractivity contribution in [1.82, 2.24) is 4.90 Å². The number of carbonyl (C=O) groups is 1. The highest BCUT2D eigenvalue weighted by molar-refractivity contribution is 5.78. The number of carbonyl (C=O) groups excluding carboxylic acids is 1. The Labute approximate surface area is 113 Å². The third kappa shape index (κ3) is 3.15. The molecule has 2 aromatic rings. The monoisotopic (exact) mass is 260 g/mol. The number of hydrogen-bond acceptors (Lipinski definition) is 3. The Hall–Kier alpha value is -1.81. The van der Waals surface area contributed by atoms with E-state index in [2.05, 4.69) is 6.92 Å². The van der Waals surface area contributed by atoms with Gasteiger partial charge in [0.25, 0.3) is 0 Å². The van der Waals surface area contributed by atoms with Crippen molar-refractivity contribution < 1.29 is 9.21 Å². The van der Waals surface area contributed by atoms with Crippen LogP contribution in [0.4, 0.5) is 0 Å². The van der Waals surface area contributed by atoms with E-state index in [1.54, 1.807) is 0 Å². The topological polar surface area (TPSA) is 59.5 Å². The average molecular weight is 260 g/mol. The van der Waals surface area contributed by atoms with Gasteiger partial charge in [-0.1, -0.05) is 25.1 Å². The predicted octanol–water partition coefficient (Wildman–Crippen LogP) is 2.69. The fourth-order valence-corrected chi connectivity index (χ4v) is 2.29. The molecule has 2 N–H and O–H groups in total. The van der Waals surface area contributed by atoms with Crippen molar-refractivity contribution in [2.24, 2.45) is 5.73 Å². The number of hydrogen-bond donors (Lipinski definition) is 1. The van der Waals surface area contributed by atoms with Crippen LogP contribution in [0, 0.1) is 0 Å². The Morgan fingerprint density at radius 3 is 2.79 bits per heavy atom. The number of nitrogens with two attached hydrogens (primary N) is 1. The summed E-state index contributed by atoms with van der Waals surface area (Å²) in [6.45, 7) is 5.20. The van der Waals surface area contributed by atoms with Gasteiger partial charge in [-0.25, -0.2) is 0 Å². The zero-order chi connectivity index (χ0) is 13.8. The third-order valence-corrected chi connectivity index (χ3v) is 3.27. The molecule has 0 bridgehead atoms. The standard InChI is InChI=1S/C15H20N2O2/c1-3-8-17(10-15(16)18)11(2)14-9-12-6-4-5-7-13(12)19-14/h4-7,9,11H,3,8,10H2,1-2H3,(H2,16,18)/t11-/m0/s1. The maximum absolute atomic E-state index is 11.1. The highest BCUT2D eigenvalue weighted by Crippen LogP contribution is 2.27. The molecule has 1 amide bonds. The molecular weight excluding hydrogens is 240 g/mol. The molecule has 0 saturated carbocycles. The summed E-state index contributed by atoms with van der Waals surface area (Å²) in [7, 11) is 0. The normalized spacial score (nSPS) is 13.0. The smallest absolute Gasteiger partial charge is 0.231 e. The lowest BCUT2D eigenvalue weighted by Gasteiger charge is -2.25. The first-order valence-corrected chi connectivity index (χ1v) is 6.62. The van der Waals surface area contributed by atoms with Crippen LogP contribution >= 0.6 is 0 Å². The maximum atomic E-state index is 11.1. The Bertz CT molecular complexity index is 529. The van der Waals surface area contributed by atoms with E-state index >= 15 is 0 Å². The molecule has 0 aliphatic carbocycles. The van der Waals surface area contributed by atoms with E-state index in [1.165, 1.54) is 0 Å². The Balaban J connectivity index is 2.24. The van der Waals surface area contributed by atoms with Gasteiger partial charge in [0.05, 0.1) is 12.6 Å². The van der Waals surface area contributed by atoms with Gasteiger partial charge >= 0.3 is 0 Å². The van der Waals surface area contributed by atoms with Crippen LogP contribution in [0.15, 0.2) is 34.7 Å². The molecule has 0 spiro atoms. The van der Waals surface area contributed by atoms with Crippen molar-refractivity contribution in [3.8, 4) is 0 Å². The second-order valence-corrected chi connectivity index (χ2v) is 4.80. The van der Waals surface area contributed by atoms with Gasteiger partial charge in [0, 0.05) is 5.39 Å². The summed E-state index contributed by atoms with van der Waals surface area (Å²) >= 11 is 0. The van der Waals surface area contributed by atoms with Crippen LogP contribution in [0.3, 0.4) is 0 Å². The molecule has 0 aliphatic rings. The highest BCUT2D eigenvalue weighted by atomic mass is 16.3. The SMILES string of the molecule is CCCN(CC(N)=O)[C@@H](C)c1cc2ccccc2o1. The lowest BCUT2D eigenvalue weighted by atomic mass is 10.2. The molecule has 0 unspecified atom stereocenters. The summed E-state index contributed by atoms with van der Waals surface area (Å²) in [5, 5.41) is 1.08. The van der Waals surface area contributed by atoms with Gasteiger partial charge < -0.3 is 10.2 Å². The predicted molar refractivity (Wildman–Crippen MR) is 75.7 cm³/mol. The van der Waals surface area contributed by atoms with Crippen LogP contribution in [0.1, 0.15) is 32.1 Å². The van der Waals surface area contributed by atoms with Gasteiger partial charge in [-0.2, -0.15) is 0 Å². The fraction of sp³-hybridized carbons (Fsp3) is 0.400. The van der Waals surface area contributed by atoms with E-state index in [1.807, 2.05) is 42.2 Å². The number of benzene rings is 1. The molecule has 4 nitrogen and oxygen atoms in total. The lowest BCUT2D eigenvalue weighted by Crippen LogP contribution is -2.36. The zero-order valence-electron chi connectivity index (χ0n) is 11.4. The number of fused-ring (bicyclic) bond motifs is 1. The summed E-state index contributed by atoms with van der Waals surface area (Å²) in [5.41, 5.74) is 6.18. The van der Waals surface area contributed by atoms with Crippen molar-refractivity contribution in [2.45, 2.75) is 26.3 Å². The van der Waals surface area contributed by atoms with Gasteiger partial charge in [0.15, 0.2) is 0 Å². The Kier molecular flexibility index (Phi) is 4.22. The van der Waals surface area contributed by atoms with Crippen LogP contribution in [-0.4, -0.2) is 23.9 Å². The van der Waals surface area contributed by atoms with Crippen molar-refractivity contribution in [2.75, 3.05) is 13.1 Å². The lowest BCUT2D eigenvalue weighted by molar-refractivity contribution is -0.119. The van der Waals surface area contributed by atoms with Crippen molar-refractivity contribution in [3.63, 3.8) is 0 Å². The molecule has 2 rings (SSSR count). The Morgan fingerprint density at radius 2 is 2.16 bits per heavy atom. The summed E-state index contributed by atoms with van der Waals surface area (Å²) in [4.78, 5) is 13.2. The first-order valence-electron chi connectivity index (χ1n) is 6.62. The van der Waals surface area contributed by atoms with Gasteiger partial charge in [-0.3, -0.25) is 9.69 Å². The van der Waals surface area contributed by atoms with E-state index in [9.17, 15) is 4.79 Å². The molecule has 102 valence electrons. The van der Waals surface area contributed by atoms with Crippen molar-refractivity contribution >= 4 is 16.9 Å². The highest BCUT2D eigenvalue weighted by Gasteiger charge is 2.20. The number of nitrogens with zero attached hydrogens (tertiary/aromatic N) is 1. The van der Waals surface area contributed by atoms with Crippen LogP contribution < -0.4 is 5.73 Å². The number of rotatable bonds is 6. The first kappa shape index (κ1) is 13.6. The summed E-state index contributed by atoms with van der Waals surface area (Å²) in [6, 6.07) is 9.98. The average Bonchev–Trinajstić information content (AvgIpc) is 2.80. The van der Waals surface area contributed by atoms with E-state index in [0.29, 0.717) is 0 Å². The summed E-state index contributed by atoms with van der Waals surface area (Å²) in [6.07, 6.45) is 0.970. The third-order valence-electron chi connectivity index (χ3n) is 3.27. The summed E-state index contributed by atoms with van der Waals surface area (Å²) < 4.78 is 5.84. The largest absolute Gasteiger partial charge is 0.459 e. The molecule has 1 aromatic carbocycles. The van der Waals surface area contributed by atoms with Gasteiger partial charge in [-0.15, -0.1) is 0 Å². The number of para-hydroxylation sites is 1. The molecule has 0 saturated heterocycles. The quantitative estimate of drug-likeness (QED) is 0.868. The molecule has 1 aromatic heterocycles. The molecule has 4 heteroatoms.